The summed E-state index contributed by atoms with van der Waals surface area (Å²) >= 11 is 5.29. The van der Waals surface area contributed by atoms with Gasteiger partial charge in [-0.2, -0.15) is 0 Å². The van der Waals surface area contributed by atoms with E-state index in [2.05, 4.69) is 22.3 Å². The molecule has 0 bridgehead atoms. The van der Waals surface area contributed by atoms with Crippen LogP contribution >= 0.6 is 12.2 Å². The van der Waals surface area contributed by atoms with E-state index in [4.69, 9.17) is 17.0 Å². The molecule has 1 aliphatic heterocycles. The van der Waals surface area contributed by atoms with Gasteiger partial charge < -0.3 is 15.0 Å². The molecule has 1 fully saturated rings. The molecular weight excluding hydrogens is 322 g/mol. The van der Waals surface area contributed by atoms with Gasteiger partial charge >= 0.3 is 6.09 Å². The molecule has 1 heterocycles. The summed E-state index contributed by atoms with van der Waals surface area (Å²) in [6.07, 6.45) is -0.219. The van der Waals surface area contributed by atoms with Crippen molar-refractivity contribution in [3.8, 4) is 0 Å². The number of nitrogens with zero attached hydrogens (tertiary/aromatic N) is 2. The van der Waals surface area contributed by atoms with Crippen LogP contribution < -0.4 is 5.32 Å². The lowest BCUT2D eigenvalue weighted by Gasteiger charge is -2.35. The molecule has 1 amide bonds. The molecule has 24 heavy (non-hydrogen) atoms. The fraction of sp³-hybridized carbons (Fsp3) is 0.556. The number of hydrogen-bond acceptors (Lipinski definition) is 4. The summed E-state index contributed by atoms with van der Waals surface area (Å²) in [6.45, 7) is 9.63. The molecule has 6 heteroatoms. The van der Waals surface area contributed by atoms with Crippen LogP contribution in [0.3, 0.4) is 0 Å². The van der Waals surface area contributed by atoms with Crippen LogP contribution in [0, 0.1) is 0 Å². The molecule has 132 valence electrons. The predicted molar refractivity (Wildman–Crippen MR) is 100 cm³/mol. The van der Waals surface area contributed by atoms with E-state index in [9.17, 15) is 4.79 Å². The van der Waals surface area contributed by atoms with Gasteiger partial charge in [0.25, 0.3) is 0 Å². The molecule has 0 spiro atoms. The number of carbonyl (C=O) groups is 1. The highest BCUT2D eigenvalue weighted by Crippen LogP contribution is 2.14. The van der Waals surface area contributed by atoms with Gasteiger partial charge in [-0.15, -0.1) is 0 Å². The van der Waals surface area contributed by atoms with Gasteiger partial charge in [-0.3, -0.25) is 4.90 Å². The zero-order valence-electron chi connectivity index (χ0n) is 15.0. The third-order valence-electron chi connectivity index (χ3n) is 3.85. The summed E-state index contributed by atoms with van der Waals surface area (Å²) in [6, 6.07) is 8.29. The van der Waals surface area contributed by atoms with Crippen molar-refractivity contribution in [2.75, 3.05) is 33.2 Å². The average Bonchev–Trinajstić information content (AvgIpc) is 2.53. The molecule has 2 rings (SSSR count). The predicted octanol–water partition coefficient (Wildman–Crippen LogP) is 2.63. The van der Waals surface area contributed by atoms with Crippen LogP contribution in [0.5, 0.6) is 0 Å². The van der Waals surface area contributed by atoms with Crippen LogP contribution in [0.4, 0.5) is 4.79 Å². The first-order chi connectivity index (χ1) is 11.3. The van der Waals surface area contributed by atoms with Crippen molar-refractivity contribution in [3.63, 3.8) is 0 Å². The maximum absolute atomic E-state index is 12.1. The Kier molecular flexibility index (Phi) is 6.18. The quantitative estimate of drug-likeness (QED) is 0.850. The lowest BCUT2D eigenvalue weighted by atomic mass is 10.1. The Bertz CT molecular complexity index is 590. The summed E-state index contributed by atoms with van der Waals surface area (Å²) < 4.78 is 5.43. The number of nitrogens with one attached hydrogen (secondary N) is 1. The van der Waals surface area contributed by atoms with E-state index in [1.165, 1.54) is 5.56 Å². The molecule has 1 N–H and O–H groups in total. The number of rotatable bonds is 3. The van der Waals surface area contributed by atoms with Crippen molar-refractivity contribution < 1.29 is 9.53 Å². The molecule has 0 aliphatic carbocycles. The number of thiocarbonyl (C=S) groups is 1. The fourth-order valence-corrected chi connectivity index (χ4v) is 2.76. The molecule has 0 saturated carbocycles. The number of piperazine rings is 1. The third kappa shape index (κ3) is 5.46. The van der Waals surface area contributed by atoms with E-state index in [1.807, 2.05) is 40.0 Å². The second kappa shape index (κ2) is 7.94. The minimum Gasteiger partial charge on any atom is -0.444 e. The van der Waals surface area contributed by atoms with Crippen molar-refractivity contribution in [2.24, 2.45) is 0 Å². The van der Waals surface area contributed by atoms with Crippen LogP contribution in [0.15, 0.2) is 24.3 Å². The molecule has 0 unspecified atom stereocenters. The molecule has 0 aromatic heterocycles. The maximum Gasteiger partial charge on any atom is 0.410 e. The molecule has 1 aromatic carbocycles. The highest BCUT2D eigenvalue weighted by molar-refractivity contribution is 7.80. The highest BCUT2D eigenvalue weighted by Gasteiger charge is 2.25. The van der Waals surface area contributed by atoms with Crippen molar-refractivity contribution in [2.45, 2.75) is 32.9 Å². The van der Waals surface area contributed by atoms with E-state index >= 15 is 0 Å². The Hall–Kier alpha value is -1.66. The Morgan fingerprint density at radius 3 is 2.50 bits per heavy atom. The molecule has 1 aliphatic rings. The van der Waals surface area contributed by atoms with Crippen molar-refractivity contribution in [1.82, 2.24) is 15.1 Å². The molecule has 1 saturated heterocycles. The summed E-state index contributed by atoms with van der Waals surface area (Å²) in [5.41, 5.74) is 1.83. The standard InChI is InChI=1S/C18H27N3O2S/c1-18(2,3)23-17(22)21-10-8-20(9-11-21)13-14-6-5-7-15(12-14)16(24)19-4/h5-7,12H,8-11,13H2,1-4H3,(H,19,24). The number of hydrogen-bond donors (Lipinski definition) is 1. The number of ether oxygens (including phenoxy) is 1. The summed E-state index contributed by atoms with van der Waals surface area (Å²) in [5, 5.41) is 3.01. The normalized spacial score (nSPS) is 15.9. The first-order valence-corrected chi connectivity index (χ1v) is 8.70. The minimum atomic E-state index is -0.444. The highest BCUT2D eigenvalue weighted by atomic mass is 32.1. The maximum atomic E-state index is 12.1. The van der Waals surface area contributed by atoms with E-state index in [0.717, 1.165) is 30.2 Å². The Morgan fingerprint density at radius 1 is 1.25 bits per heavy atom. The second-order valence-corrected chi connectivity index (χ2v) is 7.43. The van der Waals surface area contributed by atoms with E-state index in [1.54, 1.807) is 4.90 Å². The van der Waals surface area contributed by atoms with Gasteiger partial charge in [-0.1, -0.05) is 30.4 Å². The van der Waals surface area contributed by atoms with Crippen molar-refractivity contribution >= 4 is 23.3 Å². The van der Waals surface area contributed by atoms with Gasteiger partial charge in [0.2, 0.25) is 0 Å². The SMILES string of the molecule is CNC(=S)c1cccc(CN2CCN(C(=O)OC(C)(C)C)CC2)c1. The van der Waals surface area contributed by atoms with E-state index in [0.29, 0.717) is 13.1 Å². The van der Waals surface area contributed by atoms with Gasteiger partial charge in [0, 0.05) is 45.3 Å². The van der Waals surface area contributed by atoms with Crippen LogP contribution in [0.25, 0.3) is 0 Å². The van der Waals surface area contributed by atoms with Gasteiger partial charge in [0.05, 0.1) is 0 Å². The second-order valence-electron chi connectivity index (χ2n) is 7.02. The first kappa shape index (κ1) is 18.7. The zero-order chi connectivity index (χ0) is 17.7. The van der Waals surface area contributed by atoms with Gasteiger partial charge in [0.15, 0.2) is 0 Å². The average molecular weight is 350 g/mol. The Labute approximate surface area is 150 Å². The summed E-state index contributed by atoms with van der Waals surface area (Å²) in [7, 11) is 1.84. The lowest BCUT2D eigenvalue weighted by Crippen LogP contribution is -2.49. The Balaban J connectivity index is 1.87. The van der Waals surface area contributed by atoms with E-state index in [-0.39, 0.29) is 6.09 Å². The summed E-state index contributed by atoms with van der Waals surface area (Å²) in [5.74, 6) is 0. The largest absolute Gasteiger partial charge is 0.444 e. The number of amides is 1. The minimum absolute atomic E-state index is 0.219. The molecule has 0 atom stereocenters. The van der Waals surface area contributed by atoms with Crippen LogP contribution in [0.1, 0.15) is 31.9 Å². The molecular formula is C18H27N3O2S. The molecule has 1 aromatic rings. The van der Waals surface area contributed by atoms with Crippen molar-refractivity contribution in [3.05, 3.63) is 35.4 Å². The molecule has 5 nitrogen and oxygen atoms in total. The number of carbonyl (C=O) groups excluding carboxylic acids is 1. The van der Waals surface area contributed by atoms with Crippen molar-refractivity contribution in [1.29, 1.82) is 0 Å². The molecule has 0 radical (unpaired) electrons. The van der Waals surface area contributed by atoms with Gasteiger partial charge in [-0.25, -0.2) is 4.79 Å². The topological polar surface area (TPSA) is 44.8 Å². The first-order valence-electron chi connectivity index (χ1n) is 8.30. The lowest BCUT2D eigenvalue weighted by molar-refractivity contribution is 0.0139. The fourth-order valence-electron chi connectivity index (χ4n) is 2.63. The third-order valence-corrected chi connectivity index (χ3v) is 4.29. The van der Waals surface area contributed by atoms with Crippen LogP contribution in [-0.2, 0) is 11.3 Å². The van der Waals surface area contributed by atoms with Crippen LogP contribution in [-0.4, -0.2) is 59.7 Å². The van der Waals surface area contributed by atoms with Crippen LogP contribution in [0.2, 0.25) is 0 Å². The monoisotopic (exact) mass is 349 g/mol. The Morgan fingerprint density at radius 2 is 1.92 bits per heavy atom. The number of benzene rings is 1. The van der Waals surface area contributed by atoms with Gasteiger partial charge in [-0.05, 0) is 32.4 Å². The summed E-state index contributed by atoms with van der Waals surface area (Å²) in [4.78, 5) is 17.0. The smallest absolute Gasteiger partial charge is 0.410 e. The zero-order valence-corrected chi connectivity index (χ0v) is 15.8. The van der Waals surface area contributed by atoms with Gasteiger partial charge in [0.1, 0.15) is 10.6 Å². The van der Waals surface area contributed by atoms with E-state index < -0.39 is 5.60 Å².